The molecular weight excluding hydrogens is 186 g/mol. The number of allylic oxidation sites excluding steroid dienone is 1. The first-order chi connectivity index (χ1) is 6.88. The molecule has 0 aromatic rings. The van der Waals surface area contributed by atoms with Gasteiger partial charge in [-0.3, -0.25) is 4.79 Å². The van der Waals surface area contributed by atoms with Crippen molar-refractivity contribution in [3.05, 3.63) is 11.6 Å². The summed E-state index contributed by atoms with van der Waals surface area (Å²) in [4.78, 5) is 12.2. The molecule has 2 rings (SSSR count). The molecule has 1 N–H and O–H groups in total. The van der Waals surface area contributed by atoms with E-state index in [0.29, 0.717) is 11.7 Å². The second-order valence-corrected chi connectivity index (χ2v) is 5.90. The van der Waals surface area contributed by atoms with Gasteiger partial charge in [-0.2, -0.15) is 0 Å². The van der Waals surface area contributed by atoms with Gasteiger partial charge in [-0.25, -0.2) is 0 Å². The van der Waals surface area contributed by atoms with Crippen molar-refractivity contribution in [2.45, 2.75) is 34.1 Å². The van der Waals surface area contributed by atoms with Crippen LogP contribution in [0.25, 0.3) is 0 Å². The van der Waals surface area contributed by atoms with Crippen molar-refractivity contribution >= 4 is 5.78 Å². The molecular formula is C13H21NO. The lowest BCUT2D eigenvalue weighted by molar-refractivity contribution is -0.130. The number of hydrogen-bond acceptors (Lipinski definition) is 2. The van der Waals surface area contributed by atoms with Gasteiger partial charge in [0.25, 0.3) is 0 Å². The van der Waals surface area contributed by atoms with E-state index in [4.69, 9.17) is 0 Å². The second-order valence-electron chi connectivity index (χ2n) is 5.90. The molecule has 1 saturated heterocycles. The minimum Gasteiger partial charge on any atom is -0.316 e. The number of hydrogen-bond donors (Lipinski definition) is 1. The maximum absolute atomic E-state index is 12.2. The van der Waals surface area contributed by atoms with E-state index in [9.17, 15) is 4.79 Å². The van der Waals surface area contributed by atoms with Crippen LogP contribution < -0.4 is 5.32 Å². The van der Waals surface area contributed by atoms with E-state index >= 15 is 0 Å². The molecule has 0 spiro atoms. The quantitative estimate of drug-likeness (QED) is 0.659. The fourth-order valence-electron chi connectivity index (χ4n) is 3.62. The Balaban J connectivity index is 2.48. The summed E-state index contributed by atoms with van der Waals surface area (Å²) in [5.74, 6) is 0.828. The maximum Gasteiger partial charge on any atom is 0.164 e. The molecule has 0 aromatic carbocycles. The fraction of sp³-hybridized carbons (Fsp3) is 0.769. The molecule has 15 heavy (non-hydrogen) atoms. The number of carbonyl (C=O) groups is 1. The van der Waals surface area contributed by atoms with Crippen LogP contribution >= 0.6 is 0 Å². The van der Waals surface area contributed by atoms with Crippen LogP contribution in [0.3, 0.4) is 0 Å². The van der Waals surface area contributed by atoms with Gasteiger partial charge >= 0.3 is 0 Å². The minimum absolute atomic E-state index is 0.166. The van der Waals surface area contributed by atoms with Crippen molar-refractivity contribution in [1.29, 1.82) is 0 Å². The third-order valence-corrected chi connectivity index (χ3v) is 4.27. The van der Waals surface area contributed by atoms with Crippen LogP contribution in [0.5, 0.6) is 0 Å². The zero-order chi connectivity index (χ0) is 11.3. The van der Waals surface area contributed by atoms with Gasteiger partial charge in [0.05, 0.1) is 0 Å². The molecule has 2 heteroatoms. The lowest BCUT2D eigenvalue weighted by Crippen LogP contribution is -2.54. The Morgan fingerprint density at radius 1 is 1.40 bits per heavy atom. The predicted octanol–water partition coefficient (Wildman–Crippen LogP) is 2.16. The summed E-state index contributed by atoms with van der Waals surface area (Å²) in [5.41, 5.74) is 0.928. The van der Waals surface area contributed by atoms with E-state index < -0.39 is 0 Å². The van der Waals surface area contributed by atoms with Crippen LogP contribution in [0, 0.1) is 16.7 Å². The highest BCUT2D eigenvalue weighted by molar-refractivity contribution is 6.00. The SMILES string of the molecule is CC1=CC2(C)CNCCC2C(C)(C)C1=O. The third-order valence-electron chi connectivity index (χ3n) is 4.27. The van der Waals surface area contributed by atoms with Crippen molar-refractivity contribution in [2.75, 3.05) is 13.1 Å². The van der Waals surface area contributed by atoms with Gasteiger partial charge in [0.2, 0.25) is 0 Å². The highest BCUT2D eigenvalue weighted by Gasteiger charge is 2.50. The van der Waals surface area contributed by atoms with Gasteiger partial charge in [-0.05, 0) is 31.4 Å². The number of piperidine rings is 1. The van der Waals surface area contributed by atoms with Crippen LogP contribution in [-0.2, 0) is 4.79 Å². The fourth-order valence-corrected chi connectivity index (χ4v) is 3.62. The Labute approximate surface area is 92.1 Å². The van der Waals surface area contributed by atoms with E-state index in [0.717, 1.165) is 25.1 Å². The maximum atomic E-state index is 12.2. The van der Waals surface area contributed by atoms with E-state index in [-0.39, 0.29) is 10.8 Å². The first-order valence-corrected chi connectivity index (χ1v) is 5.83. The predicted molar refractivity (Wildman–Crippen MR) is 61.6 cm³/mol. The molecule has 2 atom stereocenters. The summed E-state index contributed by atoms with van der Waals surface area (Å²) in [6.45, 7) is 10.5. The summed E-state index contributed by atoms with van der Waals surface area (Å²) in [7, 11) is 0. The normalized spacial score (nSPS) is 39.6. The van der Waals surface area contributed by atoms with E-state index in [1.54, 1.807) is 0 Å². The van der Waals surface area contributed by atoms with Crippen LogP contribution in [0.1, 0.15) is 34.1 Å². The molecule has 1 aliphatic heterocycles. The molecule has 1 fully saturated rings. The lowest BCUT2D eigenvalue weighted by Gasteiger charge is -2.50. The number of rotatable bonds is 0. The Morgan fingerprint density at radius 3 is 2.73 bits per heavy atom. The summed E-state index contributed by atoms with van der Waals surface area (Å²) >= 11 is 0. The third kappa shape index (κ3) is 1.46. The zero-order valence-corrected chi connectivity index (χ0v) is 10.2. The smallest absolute Gasteiger partial charge is 0.164 e. The van der Waals surface area contributed by atoms with Crippen LogP contribution in [0.4, 0.5) is 0 Å². The largest absolute Gasteiger partial charge is 0.316 e. The molecule has 1 heterocycles. The van der Waals surface area contributed by atoms with Crippen LogP contribution in [-0.4, -0.2) is 18.9 Å². The molecule has 0 saturated carbocycles. The molecule has 1 aliphatic carbocycles. The van der Waals surface area contributed by atoms with Crippen molar-refractivity contribution in [3.8, 4) is 0 Å². The van der Waals surface area contributed by atoms with Gasteiger partial charge in [0, 0.05) is 17.4 Å². The Kier molecular flexibility index (Phi) is 2.30. The Hall–Kier alpha value is -0.630. The molecule has 2 aliphatic rings. The standard InChI is InChI=1S/C13H21NO/c1-9-7-13(4)8-14-6-5-10(13)12(2,3)11(9)15/h7,10,14H,5-6,8H2,1-4H3. The van der Waals surface area contributed by atoms with E-state index in [2.05, 4.69) is 32.2 Å². The first kappa shape index (κ1) is 10.9. The van der Waals surface area contributed by atoms with Crippen molar-refractivity contribution in [2.24, 2.45) is 16.7 Å². The number of ketones is 1. The minimum atomic E-state index is -0.185. The van der Waals surface area contributed by atoms with Crippen LogP contribution in [0.2, 0.25) is 0 Å². The number of fused-ring (bicyclic) bond motifs is 1. The second kappa shape index (κ2) is 3.18. The monoisotopic (exact) mass is 207 g/mol. The number of nitrogens with one attached hydrogen (secondary N) is 1. The summed E-state index contributed by atoms with van der Waals surface area (Å²) in [6, 6.07) is 0. The number of Topliss-reactive ketones (excluding diaryl/α,β-unsaturated/α-hetero) is 1. The Bertz CT molecular complexity index is 329. The molecule has 0 radical (unpaired) electrons. The van der Waals surface area contributed by atoms with Gasteiger partial charge in [0.15, 0.2) is 5.78 Å². The zero-order valence-electron chi connectivity index (χ0n) is 10.2. The average molecular weight is 207 g/mol. The van der Waals surface area contributed by atoms with Crippen molar-refractivity contribution in [1.82, 2.24) is 5.32 Å². The van der Waals surface area contributed by atoms with Crippen molar-refractivity contribution in [3.63, 3.8) is 0 Å². The molecule has 0 bridgehead atoms. The summed E-state index contributed by atoms with van der Waals surface area (Å²) < 4.78 is 0. The summed E-state index contributed by atoms with van der Waals surface area (Å²) in [5, 5.41) is 3.44. The topological polar surface area (TPSA) is 29.1 Å². The van der Waals surface area contributed by atoms with Crippen LogP contribution in [0.15, 0.2) is 11.6 Å². The summed E-state index contributed by atoms with van der Waals surface area (Å²) in [6.07, 6.45) is 3.30. The average Bonchev–Trinajstić information content (AvgIpc) is 2.14. The molecule has 84 valence electrons. The van der Waals surface area contributed by atoms with Crippen molar-refractivity contribution < 1.29 is 4.79 Å². The van der Waals surface area contributed by atoms with Gasteiger partial charge < -0.3 is 5.32 Å². The molecule has 0 aromatic heterocycles. The molecule has 2 unspecified atom stereocenters. The van der Waals surface area contributed by atoms with E-state index in [1.807, 2.05) is 6.92 Å². The van der Waals surface area contributed by atoms with E-state index in [1.165, 1.54) is 0 Å². The highest BCUT2D eigenvalue weighted by Crippen LogP contribution is 2.50. The molecule has 0 amide bonds. The van der Waals surface area contributed by atoms with Gasteiger partial charge in [0.1, 0.15) is 0 Å². The lowest BCUT2D eigenvalue weighted by atomic mass is 9.55. The highest BCUT2D eigenvalue weighted by atomic mass is 16.1. The molecule has 2 nitrogen and oxygen atoms in total. The Morgan fingerprint density at radius 2 is 2.07 bits per heavy atom. The van der Waals surface area contributed by atoms with Gasteiger partial charge in [-0.1, -0.05) is 26.8 Å². The van der Waals surface area contributed by atoms with Gasteiger partial charge in [-0.15, -0.1) is 0 Å². The first-order valence-electron chi connectivity index (χ1n) is 5.83. The number of carbonyl (C=O) groups excluding carboxylic acids is 1.